The predicted molar refractivity (Wildman–Crippen MR) is 76.0 cm³/mol. The molecule has 0 amide bonds. The summed E-state index contributed by atoms with van der Waals surface area (Å²) in [6.07, 6.45) is 3.12. The minimum absolute atomic E-state index is 0.218. The quantitative estimate of drug-likeness (QED) is 0.687. The molecule has 96 valence electrons. The highest BCUT2D eigenvalue weighted by atomic mass is 35.5. The number of ether oxygens (including phenoxy) is 1. The molecule has 0 saturated carbocycles. The van der Waals surface area contributed by atoms with Gasteiger partial charge in [-0.25, -0.2) is 9.97 Å². The van der Waals surface area contributed by atoms with Gasteiger partial charge in [0.1, 0.15) is 22.3 Å². The molecule has 3 aromatic heterocycles. The molecular formula is C12H7Cl2N3OS. The molecule has 0 unspecified atom stereocenters. The summed E-state index contributed by atoms with van der Waals surface area (Å²) < 4.78 is 5.53. The minimum Gasteiger partial charge on any atom is -0.484 e. The average molecular weight is 312 g/mol. The molecule has 7 heteroatoms. The van der Waals surface area contributed by atoms with Gasteiger partial charge in [-0.2, -0.15) is 0 Å². The second-order valence-electron chi connectivity index (χ2n) is 3.70. The van der Waals surface area contributed by atoms with Crippen molar-refractivity contribution < 1.29 is 4.74 Å². The van der Waals surface area contributed by atoms with E-state index in [2.05, 4.69) is 15.0 Å². The normalized spacial score (nSPS) is 10.8. The SMILES string of the molecule is Clc1cncc(OCc2nc(Cl)c3ccsc3n2)c1. The Morgan fingerprint density at radius 3 is 2.95 bits per heavy atom. The van der Waals surface area contributed by atoms with Gasteiger partial charge in [0.15, 0.2) is 5.82 Å². The number of hydrogen-bond donors (Lipinski definition) is 0. The topological polar surface area (TPSA) is 47.9 Å². The van der Waals surface area contributed by atoms with E-state index in [0.717, 1.165) is 10.2 Å². The number of halogens is 2. The molecule has 0 aliphatic rings. The molecule has 0 aliphatic carbocycles. The molecule has 3 rings (SSSR count). The second kappa shape index (κ2) is 5.28. The summed E-state index contributed by atoms with van der Waals surface area (Å²) in [5.74, 6) is 1.10. The van der Waals surface area contributed by atoms with E-state index in [0.29, 0.717) is 21.7 Å². The van der Waals surface area contributed by atoms with Crippen LogP contribution in [0, 0.1) is 0 Å². The third-order valence-electron chi connectivity index (χ3n) is 2.37. The molecule has 0 saturated heterocycles. The van der Waals surface area contributed by atoms with Crippen molar-refractivity contribution in [3.05, 3.63) is 45.9 Å². The van der Waals surface area contributed by atoms with Gasteiger partial charge in [-0.1, -0.05) is 23.2 Å². The highest BCUT2D eigenvalue weighted by molar-refractivity contribution is 7.16. The Labute approximate surface area is 123 Å². The summed E-state index contributed by atoms with van der Waals surface area (Å²) in [6.45, 7) is 0.218. The maximum Gasteiger partial charge on any atom is 0.169 e. The van der Waals surface area contributed by atoms with Crippen molar-refractivity contribution in [3.8, 4) is 5.75 Å². The lowest BCUT2D eigenvalue weighted by Gasteiger charge is -2.05. The zero-order chi connectivity index (χ0) is 13.2. The minimum atomic E-state index is 0.218. The zero-order valence-electron chi connectivity index (χ0n) is 9.51. The highest BCUT2D eigenvalue weighted by Crippen LogP contribution is 2.25. The van der Waals surface area contributed by atoms with Crippen molar-refractivity contribution in [2.24, 2.45) is 0 Å². The molecule has 3 heterocycles. The van der Waals surface area contributed by atoms with E-state index in [1.165, 1.54) is 11.3 Å². The number of rotatable bonds is 3. The average Bonchev–Trinajstić information content (AvgIpc) is 2.85. The summed E-state index contributed by atoms with van der Waals surface area (Å²) in [6, 6.07) is 3.58. The van der Waals surface area contributed by atoms with E-state index in [1.807, 2.05) is 11.4 Å². The first kappa shape index (κ1) is 12.6. The number of thiophene rings is 1. The van der Waals surface area contributed by atoms with Gasteiger partial charge >= 0.3 is 0 Å². The first-order valence-electron chi connectivity index (χ1n) is 5.35. The zero-order valence-corrected chi connectivity index (χ0v) is 11.8. The van der Waals surface area contributed by atoms with Crippen LogP contribution in [0.5, 0.6) is 5.75 Å². The Morgan fingerprint density at radius 2 is 2.11 bits per heavy atom. The van der Waals surface area contributed by atoms with Crippen molar-refractivity contribution in [3.63, 3.8) is 0 Å². The van der Waals surface area contributed by atoms with Gasteiger partial charge in [-0.05, 0) is 11.4 Å². The Balaban J connectivity index is 1.81. The predicted octanol–water partition coefficient (Wildman–Crippen LogP) is 3.97. The van der Waals surface area contributed by atoms with Gasteiger partial charge in [-0.3, -0.25) is 4.98 Å². The van der Waals surface area contributed by atoms with Crippen LogP contribution >= 0.6 is 34.5 Å². The van der Waals surface area contributed by atoms with Crippen molar-refractivity contribution in [2.45, 2.75) is 6.61 Å². The molecule has 0 aromatic carbocycles. The summed E-state index contributed by atoms with van der Waals surface area (Å²) in [5, 5.41) is 3.75. The molecule has 0 atom stereocenters. The first-order chi connectivity index (χ1) is 9.22. The molecule has 0 spiro atoms. The Hall–Kier alpha value is -1.43. The summed E-state index contributed by atoms with van der Waals surface area (Å²) in [7, 11) is 0. The van der Waals surface area contributed by atoms with Crippen LogP contribution in [0.15, 0.2) is 29.9 Å². The molecule has 0 fully saturated rings. The number of aromatic nitrogens is 3. The van der Waals surface area contributed by atoms with Crippen molar-refractivity contribution in [1.82, 2.24) is 15.0 Å². The fourth-order valence-electron chi connectivity index (χ4n) is 1.54. The van der Waals surface area contributed by atoms with Crippen molar-refractivity contribution in [1.29, 1.82) is 0 Å². The molecule has 0 N–H and O–H groups in total. The highest BCUT2D eigenvalue weighted by Gasteiger charge is 2.07. The Morgan fingerprint density at radius 1 is 1.21 bits per heavy atom. The van der Waals surface area contributed by atoms with Crippen LogP contribution < -0.4 is 4.74 Å². The lowest BCUT2D eigenvalue weighted by atomic mass is 10.4. The van der Waals surface area contributed by atoms with E-state index in [9.17, 15) is 0 Å². The van der Waals surface area contributed by atoms with Gasteiger partial charge in [0.25, 0.3) is 0 Å². The first-order valence-corrected chi connectivity index (χ1v) is 6.99. The van der Waals surface area contributed by atoms with E-state index in [-0.39, 0.29) is 6.61 Å². The van der Waals surface area contributed by atoms with Crippen LogP contribution in [0.4, 0.5) is 0 Å². The second-order valence-corrected chi connectivity index (χ2v) is 5.39. The summed E-state index contributed by atoms with van der Waals surface area (Å²) >= 11 is 13.4. The van der Waals surface area contributed by atoms with E-state index in [1.54, 1.807) is 18.5 Å². The standard InChI is InChI=1S/C12H7Cl2N3OS/c13-7-3-8(5-15-4-7)18-6-10-16-11(14)9-1-2-19-12(9)17-10/h1-5H,6H2. The monoisotopic (exact) mass is 311 g/mol. The molecule has 0 aliphatic heterocycles. The molecule has 3 aromatic rings. The van der Waals surface area contributed by atoms with Crippen LogP contribution in [0.1, 0.15) is 5.82 Å². The summed E-state index contributed by atoms with van der Waals surface area (Å²) in [5.41, 5.74) is 0. The van der Waals surface area contributed by atoms with E-state index < -0.39 is 0 Å². The van der Waals surface area contributed by atoms with Crippen LogP contribution in [0.2, 0.25) is 10.2 Å². The number of pyridine rings is 1. The smallest absolute Gasteiger partial charge is 0.169 e. The largest absolute Gasteiger partial charge is 0.484 e. The van der Waals surface area contributed by atoms with Crippen LogP contribution in [-0.2, 0) is 6.61 Å². The van der Waals surface area contributed by atoms with Gasteiger partial charge in [0.05, 0.1) is 11.2 Å². The van der Waals surface area contributed by atoms with Gasteiger partial charge in [0.2, 0.25) is 0 Å². The lowest BCUT2D eigenvalue weighted by Crippen LogP contribution is -2.01. The number of nitrogens with zero attached hydrogens (tertiary/aromatic N) is 3. The molecule has 0 radical (unpaired) electrons. The maximum absolute atomic E-state index is 6.08. The third-order valence-corrected chi connectivity index (χ3v) is 3.67. The van der Waals surface area contributed by atoms with Gasteiger partial charge in [-0.15, -0.1) is 11.3 Å². The third kappa shape index (κ3) is 2.78. The van der Waals surface area contributed by atoms with Gasteiger partial charge < -0.3 is 4.74 Å². The summed E-state index contributed by atoms with van der Waals surface area (Å²) in [4.78, 5) is 13.4. The molecule has 19 heavy (non-hydrogen) atoms. The van der Waals surface area contributed by atoms with Crippen molar-refractivity contribution >= 4 is 44.8 Å². The van der Waals surface area contributed by atoms with E-state index >= 15 is 0 Å². The van der Waals surface area contributed by atoms with Crippen LogP contribution in [0.3, 0.4) is 0 Å². The number of hydrogen-bond acceptors (Lipinski definition) is 5. The van der Waals surface area contributed by atoms with Crippen LogP contribution in [-0.4, -0.2) is 15.0 Å². The molecule has 0 bridgehead atoms. The Bertz CT molecular complexity index is 732. The van der Waals surface area contributed by atoms with Gasteiger partial charge in [0, 0.05) is 17.6 Å². The fraction of sp³-hybridized carbons (Fsp3) is 0.0833. The maximum atomic E-state index is 6.08. The van der Waals surface area contributed by atoms with E-state index in [4.69, 9.17) is 27.9 Å². The Kier molecular flexibility index (Phi) is 3.50. The fourth-order valence-corrected chi connectivity index (χ4v) is 2.80. The van der Waals surface area contributed by atoms with Crippen LogP contribution in [0.25, 0.3) is 10.2 Å². The molecular weight excluding hydrogens is 305 g/mol. The lowest BCUT2D eigenvalue weighted by molar-refractivity contribution is 0.295. The number of fused-ring (bicyclic) bond motifs is 1. The van der Waals surface area contributed by atoms with Crippen molar-refractivity contribution in [2.75, 3.05) is 0 Å². The molecule has 4 nitrogen and oxygen atoms in total.